The van der Waals surface area contributed by atoms with Crippen LogP contribution in [0, 0.1) is 0 Å². The summed E-state index contributed by atoms with van der Waals surface area (Å²) in [6, 6.07) is 12.1. The summed E-state index contributed by atoms with van der Waals surface area (Å²) in [4.78, 5) is 4.18. The first-order valence-corrected chi connectivity index (χ1v) is 6.18. The fourth-order valence-electron chi connectivity index (χ4n) is 1.02. The number of para-hydroxylation sites is 1. The number of fused-ring (bicyclic) bond motifs is 1. The fraction of sp³-hybridized carbons (Fsp3) is 0.400. The molecular weight excluding hydrogens is 194 g/mol. The first kappa shape index (κ1) is 14.6. The van der Waals surface area contributed by atoms with Crippen LogP contribution >= 0.6 is 0 Å². The number of hydrogen-bond donors (Lipinski definition) is 0. The van der Waals surface area contributed by atoms with Crippen LogP contribution in [0.4, 0.5) is 0 Å². The highest BCUT2D eigenvalue weighted by Gasteiger charge is 1.86. The molecule has 2 aromatic rings. The molecule has 0 aliphatic heterocycles. The highest BCUT2D eigenvalue weighted by Crippen LogP contribution is 2.07. The Bertz CT molecular complexity index is 301. The SMILES string of the molecule is CC.CCCC.c1ccc2ncccc2c1. The zero-order valence-corrected chi connectivity index (χ0v) is 10.9. The van der Waals surface area contributed by atoms with E-state index in [1.807, 2.05) is 44.3 Å². The molecule has 2 rings (SSSR count). The van der Waals surface area contributed by atoms with Gasteiger partial charge in [-0.1, -0.05) is 64.8 Å². The van der Waals surface area contributed by atoms with Gasteiger partial charge in [0.15, 0.2) is 0 Å². The molecular formula is C15H23N. The molecule has 0 aliphatic carbocycles. The molecule has 0 fully saturated rings. The minimum Gasteiger partial charge on any atom is -0.256 e. The lowest BCUT2D eigenvalue weighted by Crippen LogP contribution is -1.73. The van der Waals surface area contributed by atoms with E-state index in [4.69, 9.17) is 0 Å². The molecule has 1 aromatic carbocycles. The van der Waals surface area contributed by atoms with E-state index in [1.54, 1.807) is 0 Å². The second-order valence-corrected chi connectivity index (χ2v) is 3.20. The zero-order valence-electron chi connectivity index (χ0n) is 10.9. The second kappa shape index (κ2) is 10.2. The van der Waals surface area contributed by atoms with Gasteiger partial charge in [0, 0.05) is 11.6 Å². The number of aromatic nitrogens is 1. The average Bonchev–Trinajstić information content (AvgIpc) is 2.41. The first-order chi connectivity index (χ1) is 7.88. The molecule has 1 heterocycles. The fourth-order valence-corrected chi connectivity index (χ4v) is 1.02. The third-order valence-electron chi connectivity index (χ3n) is 2.01. The third-order valence-corrected chi connectivity index (χ3v) is 2.01. The maximum Gasteiger partial charge on any atom is 0.0701 e. The van der Waals surface area contributed by atoms with Crippen LogP contribution < -0.4 is 0 Å². The molecule has 0 radical (unpaired) electrons. The molecule has 16 heavy (non-hydrogen) atoms. The minimum atomic E-state index is 1.06. The highest BCUT2D eigenvalue weighted by atomic mass is 14.6. The summed E-state index contributed by atoms with van der Waals surface area (Å²) < 4.78 is 0. The quantitative estimate of drug-likeness (QED) is 0.650. The summed E-state index contributed by atoms with van der Waals surface area (Å²) >= 11 is 0. The van der Waals surface area contributed by atoms with E-state index in [0.717, 1.165) is 5.52 Å². The number of rotatable bonds is 1. The smallest absolute Gasteiger partial charge is 0.0701 e. The van der Waals surface area contributed by atoms with E-state index in [1.165, 1.54) is 18.2 Å². The number of unbranched alkanes of at least 4 members (excludes halogenated alkanes) is 1. The number of nitrogens with zero attached hydrogens (tertiary/aromatic N) is 1. The molecule has 88 valence electrons. The predicted octanol–water partition coefficient (Wildman–Crippen LogP) is 5.07. The van der Waals surface area contributed by atoms with Gasteiger partial charge in [-0.25, -0.2) is 0 Å². The van der Waals surface area contributed by atoms with E-state index < -0.39 is 0 Å². The van der Waals surface area contributed by atoms with Gasteiger partial charge in [0.1, 0.15) is 0 Å². The molecule has 0 saturated heterocycles. The van der Waals surface area contributed by atoms with E-state index >= 15 is 0 Å². The van der Waals surface area contributed by atoms with Crippen molar-refractivity contribution in [1.82, 2.24) is 4.98 Å². The Hall–Kier alpha value is -1.37. The van der Waals surface area contributed by atoms with Crippen molar-refractivity contribution < 1.29 is 0 Å². The Morgan fingerprint density at radius 2 is 1.44 bits per heavy atom. The third kappa shape index (κ3) is 5.50. The van der Waals surface area contributed by atoms with Crippen molar-refractivity contribution in [3.8, 4) is 0 Å². The molecule has 0 aliphatic rings. The summed E-state index contributed by atoms with van der Waals surface area (Å²) in [7, 11) is 0. The van der Waals surface area contributed by atoms with Crippen LogP contribution in [0.5, 0.6) is 0 Å². The van der Waals surface area contributed by atoms with E-state index in [9.17, 15) is 0 Å². The summed E-state index contributed by atoms with van der Waals surface area (Å²) in [5.74, 6) is 0. The maximum atomic E-state index is 4.18. The van der Waals surface area contributed by atoms with Crippen molar-refractivity contribution >= 4 is 10.9 Å². The normalized spacial score (nSPS) is 8.50. The average molecular weight is 217 g/mol. The zero-order chi connectivity index (χ0) is 12.2. The Morgan fingerprint density at radius 1 is 0.875 bits per heavy atom. The van der Waals surface area contributed by atoms with Gasteiger partial charge in [-0.2, -0.15) is 0 Å². The Labute approximate surface area is 99.5 Å². The lowest BCUT2D eigenvalue weighted by molar-refractivity contribution is 0.886. The van der Waals surface area contributed by atoms with E-state index in [0.29, 0.717) is 0 Å². The lowest BCUT2D eigenvalue weighted by Gasteiger charge is -1.91. The van der Waals surface area contributed by atoms with Crippen LogP contribution in [-0.4, -0.2) is 4.98 Å². The van der Waals surface area contributed by atoms with Crippen molar-refractivity contribution in [2.45, 2.75) is 40.5 Å². The van der Waals surface area contributed by atoms with Crippen molar-refractivity contribution in [3.05, 3.63) is 42.6 Å². The van der Waals surface area contributed by atoms with Crippen LogP contribution in [-0.2, 0) is 0 Å². The molecule has 0 amide bonds. The van der Waals surface area contributed by atoms with Crippen molar-refractivity contribution in [3.63, 3.8) is 0 Å². The summed E-state index contributed by atoms with van der Waals surface area (Å²) in [5.41, 5.74) is 1.06. The van der Waals surface area contributed by atoms with Crippen LogP contribution in [0.15, 0.2) is 42.6 Å². The van der Waals surface area contributed by atoms with Crippen LogP contribution in [0.25, 0.3) is 10.9 Å². The molecule has 1 nitrogen and oxygen atoms in total. The lowest BCUT2D eigenvalue weighted by atomic mass is 10.2. The summed E-state index contributed by atoms with van der Waals surface area (Å²) in [6.45, 7) is 8.36. The Kier molecular flexibility index (Phi) is 9.29. The van der Waals surface area contributed by atoms with E-state index in [-0.39, 0.29) is 0 Å². The van der Waals surface area contributed by atoms with Gasteiger partial charge in [0.2, 0.25) is 0 Å². The predicted molar refractivity (Wildman–Crippen MR) is 73.7 cm³/mol. The second-order valence-electron chi connectivity index (χ2n) is 3.20. The van der Waals surface area contributed by atoms with Gasteiger partial charge in [-0.15, -0.1) is 0 Å². The molecule has 0 atom stereocenters. The monoisotopic (exact) mass is 217 g/mol. The minimum absolute atomic E-state index is 1.06. The topological polar surface area (TPSA) is 12.9 Å². The number of pyridine rings is 1. The Balaban J connectivity index is 0.000000323. The molecule has 0 saturated carbocycles. The van der Waals surface area contributed by atoms with Crippen molar-refractivity contribution in [2.24, 2.45) is 0 Å². The van der Waals surface area contributed by atoms with Crippen LogP contribution in [0.1, 0.15) is 40.5 Å². The Morgan fingerprint density at radius 3 is 2.00 bits per heavy atom. The summed E-state index contributed by atoms with van der Waals surface area (Å²) in [5, 5.41) is 1.20. The molecule has 0 bridgehead atoms. The highest BCUT2D eigenvalue weighted by molar-refractivity contribution is 5.77. The van der Waals surface area contributed by atoms with Gasteiger partial charge in [-0.05, 0) is 12.1 Å². The van der Waals surface area contributed by atoms with Gasteiger partial charge in [-0.3, -0.25) is 4.98 Å². The van der Waals surface area contributed by atoms with Crippen LogP contribution in [0.3, 0.4) is 0 Å². The molecule has 1 aromatic heterocycles. The number of hydrogen-bond acceptors (Lipinski definition) is 1. The largest absolute Gasteiger partial charge is 0.256 e. The molecule has 0 N–H and O–H groups in total. The van der Waals surface area contributed by atoms with Gasteiger partial charge in [0.25, 0.3) is 0 Å². The summed E-state index contributed by atoms with van der Waals surface area (Å²) in [6.07, 6.45) is 4.45. The maximum absolute atomic E-state index is 4.18. The molecule has 1 heteroatoms. The van der Waals surface area contributed by atoms with Gasteiger partial charge in [0.05, 0.1) is 5.52 Å². The molecule has 0 unspecified atom stereocenters. The molecule has 0 spiro atoms. The van der Waals surface area contributed by atoms with Crippen LogP contribution in [0.2, 0.25) is 0 Å². The van der Waals surface area contributed by atoms with E-state index in [2.05, 4.69) is 31.0 Å². The van der Waals surface area contributed by atoms with Gasteiger partial charge >= 0.3 is 0 Å². The van der Waals surface area contributed by atoms with Crippen molar-refractivity contribution in [1.29, 1.82) is 0 Å². The van der Waals surface area contributed by atoms with Crippen molar-refractivity contribution in [2.75, 3.05) is 0 Å². The standard InChI is InChI=1S/C9H7N.C4H10.C2H6/c1-2-6-9-8(4-1)5-3-7-10-9;1-3-4-2;1-2/h1-7H;3-4H2,1-2H3;1-2H3. The van der Waals surface area contributed by atoms with Gasteiger partial charge < -0.3 is 0 Å². The first-order valence-electron chi connectivity index (χ1n) is 6.18. The number of benzene rings is 1.